The third-order valence-electron chi connectivity index (χ3n) is 3.48. The second-order valence-corrected chi connectivity index (χ2v) is 5.20. The molecule has 0 aliphatic heterocycles. The van der Waals surface area contributed by atoms with Crippen LogP contribution in [0.5, 0.6) is 0 Å². The molecule has 94 valence electrons. The van der Waals surface area contributed by atoms with Gasteiger partial charge in [-0.15, -0.1) is 0 Å². The van der Waals surface area contributed by atoms with Gasteiger partial charge in [0, 0.05) is 6.54 Å². The van der Waals surface area contributed by atoms with Crippen molar-refractivity contribution in [3.63, 3.8) is 0 Å². The van der Waals surface area contributed by atoms with Crippen LogP contribution >= 0.6 is 0 Å². The van der Waals surface area contributed by atoms with Crippen LogP contribution in [-0.2, 0) is 6.54 Å². The Morgan fingerprint density at radius 3 is 2.47 bits per heavy atom. The van der Waals surface area contributed by atoms with Crippen molar-refractivity contribution in [2.45, 2.75) is 37.8 Å². The summed E-state index contributed by atoms with van der Waals surface area (Å²) in [5.41, 5.74) is 2.10. The number of aliphatic hydroxyl groups is 2. The zero-order valence-electron chi connectivity index (χ0n) is 10.3. The van der Waals surface area contributed by atoms with Gasteiger partial charge in [-0.2, -0.15) is 0 Å². The third kappa shape index (κ3) is 3.06. The van der Waals surface area contributed by atoms with E-state index in [9.17, 15) is 10.2 Å². The SMILES string of the molecule is CC(CO)(CO)NCc1ccccc1C1CC1. The molecule has 0 bridgehead atoms. The Morgan fingerprint density at radius 2 is 1.88 bits per heavy atom. The molecule has 17 heavy (non-hydrogen) atoms. The summed E-state index contributed by atoms with van der Waals surface area (Å²) in [5.74, 6) is 0.725. The summed E-state index contributed by atoms with van der Waals surface area (Å²) in [7, 11) is 0. The van der Waals surface area contributed by atoms with Crippen LogP contribution in [0.3, 0.4) is 0 Å². The summed E-state index contributed by atoms with van der Waals surface area (Å²) in [5, 5.41) is 21.7. The Morgan fingerprint density at radius 1 is 1.24 bits per heavy atom. The molecule has 0 heterocycles. The molecule has 0 atom stereocenters. The Kier molecular flexibility index (Phi) is 3.82. The van der Waals surface area contributed by atoms with Gasteiger partial charge in [-0.3, -0.25) is 0 Å². The summed E-state index contributed by atoms with van der Waals surface area (Å²) in [6.07, 6.45) is 2.57. The lowest BCUT2D eigenvalue weighted by Crippen LogP contribution is -2.48. The number of rotatable bonds is 6. The number of hydrogen-bond donors (Lipinski definition) is 3. The molecule has 3 N–H and O–H groups in total. The van der Waals surface area contributed by atoms with E-state index in [-0.39, 0.29) is 13.2 Å². The highest BCUT2D eigenvalue weighted by Gasteiger charge is 2.27. The molecule has 3 nitrogen and oxygen atoms in total. The van der Waals surface area contributed by atoms with Gasteiger partial charge in [-0.05, 0) is 36.8 Å². The van der Waals surface area contributed by atoms with Crippen LogP contribution in [0.15, 0.2) is 24.3 Å². The predicted octanol–water partition coefficient (Wildman–Crippen LogP) is 1.40. The van der Waals surface area contributed by atoms with Gasteiger partial charge in [0.15, 0.2) is 0 Å². The standard InChI is InChI=1S/C14H21NO2/c1-14(9-16,10-17)15-8-12-4-2-3-5-13(12)11-6-7-11/h2-5,11,15-17H,6-10H2,1H3. The summed E-state index contributed by atoms with van der Waals surface area (Å²) < 4.78 is 0. The van der Waals surface area contributed by atoms with E-state index in [2.05, 4.69) is 23.5 Å². The summed E-state index contributed by atoms with van der Waals surface area (Å²) in [4.78, 5) is 0. The van der Waals surface area contributed by atoms with E-state index in [1.165, 1.54) is 24.0 Å². The molecule has 1 saturated carbocycles. The molecule has 3 heteroatoms. The smallest absolute Gasteiger partial charge is 0.0633 e. The number of hydrogen-bond acceptors (Lipinski definition) is 3. The van der Waals surface area contributed by atoms with Gasteiger partial charge >= 0.3 is 0 Å². The minimum Gasteiger partial charge on any atom is -0.394 e. The lowest BCUT2D eigenvalue weighted by Gasteiger charge is -2.27. The van der Waals surface area contributed by atoms with Gasteiger partial charge in [-0.1, -0.05) is 24.3 Å². The first kappa shape index (κ1) is 12.6. The van der Waals surface area contributed by atoms with E-state index < -0.39 is 5.54 Å². The molecule has 0 aromatic heterocycles. The molecule has 1 aliphatic carbocycles. The van der Waals surface area contributed by atoms with Gasteiger partial charge < -0.3 is 15.5 Å². The van der Waals surface area contributed by atoms with Crippen molar-refractivity contribution < 1.29 is 10.2 Å². The average Bonchev–Trinajstić information content (AvgIpc) is 3.20. The number of nitrogens with one attached hydrogen (secondary N) is 1. The maximum absolute atomic E-state index is 9.23. The first-order chi connectivity index (χ1) is 8.18. The molecular formula is C14H21NO2. The number of benzene rings is 1. The van der Waals surface area contributed by atoms with Gasteiger partial charge in [-0.25, -0.2) is 0 Å². The van der Waals surface area contributed by atoms with Crippen LogP contribution in [0.2, 0.25) is 0 Å². The molecule has 1 fully saturated rings. The Balaban J connectivity index is 2.03. The fourth-order valence-electron chi connectivity index (χ4n) is 1.96. The Hall–Kier alpha value is -0.900. The maximum atomic E-state index is 9.23. The van der Waals surface area contributed by atoms with Crippen LogP contribution in [0.25, 0.3) is 0 Å². The van der Waals surface area contributed by atoms with Gasteiger partial charge in [0.25, 0.3) is 0 Å². The van der Waals surface area contributed by atoms with Gasteiger partial charge in [0.2, 0.25) is 0 Å². The molecule has 1 aromatic rings. The zero-order chi connectivity index (χ0) is 12.3. The van der Waals surface area contributed by atoms with Gasteiger partial charge in [0.05, 0.1) is 18.8 Å². The molecule has 0 saturated heterocycles. The van der Waals surface area contributed by atoms with Crippen LogP contribution in [-0.4, -0.2) is 29.0 Å². The highest BCUT2D eigenvalue weighted by atomic mass is 16.3. The van der Waals surface area contributed by atoms with Crippen molar-refractivity contribution in [3.8, 4) is 0 Å². The molecule has 0 spiro atoms. The van der Waals surface area contributed by atoms with Crippen molar-refractivity contribution in [1.29, 1.82) is 0 Å². The Labute approximate surface area is 102 Å². The van der Waals surface area contributed by atoms with E-state index in [1.54, 1.807) is 0 Å². The molecule has 1 aromatic carbocycles. The van der Waals surface area contributed by atoms with Crippen molar-refractivity contribution >= 4 is 0 Å². The summed E-state index contributed by atoms with van der Waals surface area (Å²) in [6, 6.07) is 8.42. The van der Waals surface area contributed by atoms with Gasteiger partial charge in [0.1, 0.15) is 0 Å². The van der Waals surface area contributed by atoms with E-state index in [0.29, 0.717) is 6.54 Å². The molecule has 0 unspecified atom stereocenters. The first-order valence-corrected chi connectivity index (χ1v) is 6.23. The lowest BCUT2D eigenvalue weighted by atomic mass is 10.0. The zero-order valence-corrected chi connectivity index (χ0v) is 10.3. The molecule has 2 rings (SSSR count). The van der Waals surface area contributed by atoms with Crippen molar-refractivity contribution in [1.82, 2.24) is 5.32 Å². The third-order valence-corrected chi connectivity index (χ3v) is 3.48. The summed E-state index contributed by atoms with van der Waals surface area (Å²) in [6.45, 7) is 2.40. The van der Waals surface area contributed by atoms with E-state index in [1.807, 2.05) is 13.0 Å². The maximum Gasteiger partial charge on any atom is 0.0633 e. The van der Waals surface area contributed by atoms with Crippen LogP contribution < -0.4 is 5.32 Å². The monoisotopic (exact) mass is 235 g/mol. The van der Waals surface area contributed by atoms with Crippen LogP contribution in [0.1, 0.15) is 36.8 Å². The van der Waals surface area contributed by atoms with E-state index >= 15 is 0 Å². The summed E-state index contributed by atoms with van der Waals surface area (Å²) >= 11 is 0. The normalized spacial score (nSPS) is 16.2. The van der Waals surface area contributed by atoms with E-state index in [4.69, 9.17) is 0 Å². The highest BCUT2D eigenvalue weighted by Crippen LogP contribution is 2.41. The molecular weight excluding hydrogens is 214 g/mol. The Bertz CT molecular complexity index is 370. The van der Waals surface area contributed by atoms with Crippen LogP contribution in [0, 0.1) is 0 Å². The van der Waals surface area contributed by atoms with Crippen molar-refractivity contribution in [3.05, 3.63) is 35.4 Å². The largest absolute Gasteiger partial charge is 0.394 e. The quantitative estimate of drug-likeness (QED) is 0.698. The fourth-order valence-corrected chi connectivity index (χ4v) is 1.96. The average molecular weight is 235 g/mol. The van der Waals surface area contributed by atoms with Crippen molar-refractivity contribution in [2.75, 3.05) is 13.2 Å². The second-order valence-electron chi connectivity index (χ2n) is 5.20. The van der Waals surface area contributed by atoms with Crippen LogP contribution in [0.4, 0.5) is 0 Å². The highest BCUT2D eigenvalue weighted by molar-refractivity contribution is 5.33. The first-order valence-electron chi connectivity index (χ1n) is 6.23. The minimum atomic E-state index is -0.601. The lowest BCUT2D eigenvalue weighted by molar-refractivity contribution is 0.103. The second kappa shape index (κ2) is 5.17. The topological polar surface area (TPSA) is 52.5 Å². The van der Waals surface area contributed by atoms with Crippen molar-refractivity contribution in [2.24, 2.45) is 0 Å². The minimum absolute atomic E-state index is 0.0604. The van der Waals surface area contributed by atoms with E-state index in [0.717, 1.165) is 5.92 Å². The fraction of sp³-hybridized carbons (Fsp3) is 0.571. The molecule has 0 amide bonds. The predicted molar refractivity (Wildman–Crippen MR) is 67.8 cm³/mol. The molecule has 1 aliphatic rings. The molecule has 0 radical (unpaired) electrons. The number of aliphatic hydroxyl groups excluding tert-OH is 2.